The quantitative estimate of drug-likeness (QED) is 0.773. The zero-order valence-corrected chi connectivity index (χ0v) is 10.2. The molecule has 4 heteroatoms. The lowest BCUT2D eigenvalue weighted by molar-refractivity contribution is 0.0976. The van der Waals surface area contributed by atoms with E-state index in [9.17, 15) is 4.79 Å². The topological polar surface area (TPSA) is 66.9 Å². The standard InChI is InChI=1S/C14H12N2O2/c1-9-7-11(10(2)18-9)14(17)12(8-15)13-5-3-4-6-16-13/h3-7,12H,1-2H3. The highest BCUT2D eigenvalue weighted by Gasteiger charge is 2.25. The second-order valence-electron chi connectivity index (χ2n) is 4.01. The van der Waals surface area contributed by atoms with Crippen molar-refractivity contribution < 1.29 is 9.21 Å². The molecule has 0 N–H and O–H groups in total. The van der Waals surface area contributed by atoms with E-state index in [1.807, 2.05) is 6.07 Å². The summed E-state index contributed by atoms with van der Waals surface area (Å²) in [5.41, 5.74) is 0.910. The van der Waals surface area contributed by atoms with Gasteiger partial charge in [-0.25, -0.2) is 0 Å². The maximum Gasteiger partial charge on any atom is 0.189 e. The van der Waals surface area contributed by atoms with Gasteiger partial charge in [0.1, 0.15) is 11.5 Å². The fraction of sp³-hybridized carbons (Fsp3) is 0.214. The van der Waals surface area contributed by atoms with Crippen molar-refractivity contribution in [1.29, 1.82) is 5.26 Å². The van der Waals surface area contributed by atoms with Crippen LogP contribution in [0.2, 0.25) is 0 Å². The van der Waals surface area contributed by atoms with Crippen molar-refractivity contribution in [3.05, 3.63) is 53.2 Å². The fourth-order valence-electron chi connectivity index (χ4n) is 1.84. The zero-order chi connectivity index (χ0) is 13.1. The molecule has 2 heterocycles. The molecule has 2 rings (SSSR count). The first-order chi connectivity index (χ1) is 8.63. The van der Waals surface area contributed by atoms with Gasteiger partial charge in [0, 0.05) is 6.20 Å². The molecule has 0 aliphatic carbocycles. The van der Waals surface area contributed by atoms with E-state index in [0.717, 1.165) is 0 Å². The molecular weight excluding hydrogens is 228 g/mol. The summed E-state index contributed by atoms with van der Waals surface area (Å²) < 4.78 is 5.32. The molecule has 0 aromatic carbocycles. The molecule has 0 aliphatic rings. The van der Waals surface area contributed by atoms with E-state index in [0.29, 0.717) is 22.8 Å². The van der Waals surface area contributed by atoms with Crippen molar-refractivity contribution in [3.63, 3.8) is 0 Å². The van der Waals surface area contributed by atoms with E-state index >= 15 is 0 Å². The number of ketones is 1. The molecule has 0 spiro atoms. The number of pyridine rings is 1. The minimum absolute atomic E-state index is 0.273. The second kappa shape index (κ2) is 4.84. The molecule has 90 valence electrons. The normalized spacial score (nSPS) is 11.8. The van der Waals surface area contributed by atoms with Gasteiger partial charge in [-0.3, -0.25) is 9.78 Å². The Morgan fingerprint density at radius 1 is 1.44 bits per heavy atom. The molecule has 0 aliphatic heterocycles. The summed E-state index contributed by atoms with van der Waals surface area (Å²) in [5, 5.41) is 9.17. The minimum Gasteiger partial charge on any atom is -0.466 e. The number of Topliss-reactive ketones (excluding diaryl/α,β-unsaturated/α-hetero) is 1. The van der Waals surface area contributed by atoms with E-state index in [2.05, 4.69) is 4.98 Å². The lowest BCUT2D eigenvalue weighted by Crippen LogP contribution is -2.12. The largest absolute Gasteiger partial charge is 0.466 e. The predicted octanol–water partition coefficient (Wildman–Crippen LogP) is 2.78. The highest BCUT2D eigenvalue weighted by molar-refractivity contribution is 6.03. The van der Waals surface area contributed by atoms with Crippen molar-refractivity contribution in [2.24, 2.45) is 0 Å². The van der Waals surface area contributed by atoms with Crippen molar-refractivity contribution in [1.82, 2.24) is 4.98 Å². The van der Waals surface area contributed by atoms with E-state index in [-0.39, 0.29) is 5.78 Å². The van der Waals surface area contributed by atoms with Crippen LogP contribution in [0.1, 0.15) is 33.5 Å². The van der Waals surface area contributed by atoms with Gasteiger partial charge in [-0.1, -0.05) is 6.07 Å². The van der Waals surface area contributed by atoms with Crippen LogP contribution >= 0.6 is 0 Å². The molecule has 0 fully saturated rings. The van der Waals surface area contributed by atoms with E-state index < -0.39 is 5.92 Å². The molecule has 0 amide bonds. The zero-order valence-electron chi connectivity index (χ0n) is 10.2. The summed E-state index contributed by atoms with van der Waals surface area (Å²) in [6, 6.07) is 8.83. The van der Waals surface area contributed by atoms with Gasteiger partial charge in [0.05, 0.1) is 17.3 Å². The van der Waals surface area contributed by atoms with Crippen LogP contribution < -0.4 is 0 Å². The molecule has 0 saturated heterocycles. The number of rotatable bonds is 3. The Morgan fingerprint density at radius 2 is 2.22 bits per heavy atom. The summed E-state index contributed by atoms with van der Waals surface area (Å²) in [7, 11) is 0. The van der Waals surface area contributed by atoms with E-state index in [1.54, 1.807) is 44.3 Å². The number of aryl methyl sites for hydroxylation is 2. The lowest BCUT2D eigenvalue weighted by atomic mass is 9.95. The molecule has 1 atom stereocenters. The lowest BCUT2D eigenvalue weighted by Gasteiger charge is -2.06. The molecule has 1 unspecified atom stereocenters. The van der Waals surface area contributed by atoms with Gasteiger partial charge in [-0.15, -0.1) is 0 Å². The van der Waals surface area contributed by atoms with Gasteiger partial charge in [0.2, 0.25) is 0 Å². The summed E-state index contributed by atoms with van der Waals surface area (Å²) in [6.07, 6.45) is 1.57. The Labute approximate surface area is 105 Å². The molecule has 2 aromatic heterocycles. The first-order valence-electron chi connectivity index (χ1n) is 5.55. The number of hydrogen-bond donors (Lipinski definition) is 0. The third-order valence-electron chi connectivity index (χ3n) is 2.68. The number of nitrogens with zero attached hydrogens (tertiary/aromatic N) is 2. The molecule has 0 radical (unpaired) electrons. The minimum atomic E-state index is -0.887. The first-order valence-corrected chi connectivity index (χ1v) is 5.55. The monoisotopic (exact) mass is 240 g/mol. The first kappa shape index (κ1) is 12.1. The van der Waals surface area contributed by atoms with Crippen LogP contribution in [0, 0.1) is 25.2 Å². The van der Waals surface area contributed by atoms with Crippen LogP contribution in [0.5, 0.6) is 0 Å². The van der Waals surface area contributed by atoms with Crippen molar-refractivity contribution in [3.8, 4) is 6.07 Å². The Hall–Kier alpha value is -2.41. The third kappa shape index (κ3) is 2.16. The second-order valence-corrected chi connectivity index (χ2v) is 4.01. The summed E-state index contributed by atoms with van der Waals surface area (Å²) in [6.45, 7) is 3.49. The molecular formula is C14H12N2O2. The van der Waals surface area contributed by atoms with E-state index in [4.69, 9.17) is 9.68 Å². The van der Waals surface area contributed by atoms with E-state index in [1.165, 1.54) is 0 Å². The molecule has 0 bridgehead atoms. The highest BCUT2D eigenvalue weighted by atomic mass is 16.3. The predicted molar refractivity (Wildman–Crippen MR) is 65.1 cm³/mol. The number of carbonyl (C=O) groups excluding carboxylic acids is 1. The number of carbonyl (C=O) groups is 1. The Balaban J connectivity index is 2.39. The van der Waals surface area contributed by atoms with Crippen molar-refractivity contribution >= 4 is 5.78 Å². The van der Waals surface area contributed by atoms with Crippen LogP contribution in [-0.2, 0) is 0 Å². The maximum absolute atomic E-state index is 12.3. The summed E-state index contributed by atoms with van der Waals surface area (Å²) in [4.78, 5) is 16.3. The fourth-order valence-corrected chi connectivity index (χ4v) is 1.84. The molecule has 4 nitrogen and oxygen atoms in total. The van der Waals surface area contributed by atoms with Crippen LogP contribution in [-0.4, -0.2) is 10.8 Å². The van der Waals surface area contributed by atoms with Gasteiger partial charge in [-0.05, 0) is 32.0 Å². The number of hydrogen-bond acceptors (Lipinski definition) is 4. The highest BCUT2D eigenvalue weighted by Crippen LogP contribution is 2.22. The average molecular weight is 240 g/mol. The van der Waals surface area contributed by atoms with Crippen LogP contribution in [0.25, 0.3) is 0 Å². The third-order valence-corrected chi connectivity index (χ3v) is 2.68. The van der Waals surface area contributed by atoms with Crippen LogP contribution in [0.15, 0.2) is 34.9 Å². The summed E-state index contributed by atoms with van der Waals surface area (Å²) in [5.74, 6) is 0.0368. The SMILES string of the molecule is Cc1cc(C(=O)C(C#N)c2ccccn2)c(C)o1. The van der Waals surface area contributed by atoms with Gasteiger partial charge in [0.25, 0.3) is 0 Å². The molecule has 18 heavy (non-hydrogen) atoms. The maximum atomic E-state index is 12.3. The van der Waals surface area contributed by atoms with Crippen LogP contribution in [0.3, 0.4) is 0 Å². The smallest absolute Gasteiger partial charge is 0.189 e. The Bertz CT molecular complexity index is 608. The van der Waals surface area contributed by atoms with Crippen LogP contribution in [0.4, 0.5) is 0 Å². The van der Waals surface area contributed by atoms with Gasteiger partial charge < -0.3 is 4.42 Å². The van der Waals surface area contributed by atoms with Crippen molar-refractivity contribution in [2.45, 2.75) is 19.8 Å². The average Bonchev–Trinajstić information content (AvgIpc) is 2.70. The van der Waals surface area contributed by atoms with Gasteiger partial charge in [0.15, 0.2) is 11.7 Å². The van der Waals surface area contributed by atoms with Crippen molar-refractivity contribution in [2.75, 3.05) is 0 Å². The number of furan rings is 1. The Kier molecular flexibility index (Phi) is 3.24. The molecule has 0 saturated carbocycles. The Morgan fingerprint density at radius 3 is 2.72 bits per heavy atom. The van der Waals surface area contributed by atoms with Gasteiger partial charge >= 0.3 is 0 Å². The number of nitriles is 1. The molecule has 2 aromatic rings. The summed E-state index contributed by atoms with van der Waals surface area (Å²) >= 11 is 0. The number of aromatic nitrogens is 1. The van der Waals surface area contributed by atoms with Gasteiger partial charge in [-0.2, -0.15) is 5.26 Å².